The topological polar surface area (TPSA) is 135 Å². The molecule has 11 nitrogen and oxygen atoms in total. The number of esters is 1. The van der Waals surface area contributed by atoms with Crippen LogP contribution in [0.1, 0.15) is 75.9 Å². The summed E-state index contributed by atoms with van der Waals surface area (Å²) in [6, 6.07) is 7.56. The molecule has 3 saturated heterocycles. The number of nitrogens with zero attached hydrogens (tertiary/aromatic N) is 2. The Kier molecular flexibility index (Phi) is 12.1. The number of methoxy groups -OCH3 is 1. The van der Waals surface area contributed by atoms with Gasteiger partial charge in [-0.05, 0) is 44.1 Å². The molecule has 1 aliphatic carbocycles. The first-order valence-electron chi connectivity index (χ1n) is 17.5. The van der Waals surface area contributed by atoms with Crippen LogP contribution in [0.5, 0.6) is 0 Å². The van der Waals surface area contributed by atoms with Crippen LogP contribution in [0.3, 0.4) is 0 Å². The van der Waals surface area contributed by atoms with E-state index in [1.165, 1.54) is 7.11 Å². The fraction of sp³-hybridized carbons (Fsp3) is 0.622. The van der Waals surface area contributed by atoms with Gasteiger partial charge in [0.2, 0.25) is 17.7 Å². The minimum Gasteiger partial charge on any atom is -0.455 e. The number of aliphatic hydroxyl groups is 1. The number of likely N-dealkylation sites (tertiary alicyclic amines) is 1. The van der Waals surface area contributed by atoms with Gasteiger partial charge in [0.15, 0.2) is 0 Å². The molecule has 2 N–H and O–H groups in total. The predicted octanol–water partition coefficient (Wildman–Crippen LogP) is 3.47. The van der Waals surface area contributed by atoms with Gasteiger partial charge in [0, 0.05) is 39.3 Å². The minimum absolute atomic E-state index is 0.0416. The van der Waals surface area contributed by atoms with Crippen LogP contribution >= 0.6 is 0 Å². The summed E-state index contributed by atoms with van der Waals surface area (Å²) in [5.74, 6) is -3.20. The van der Waals surface area contributed by atoms with Crippen LogP contribution < -0.4 is 5.32 Å². The first kappa shape index (κ1) is 35.8. The summed E-state index contributed by atoms with van der Waals surface area (Å²) in [6.07, 6.45) is 8.83. The third kappa shape index (κ3) is 7.09. The van der Waals surface area contributed by atoms with Gasteiger partial charge >= 0.3 is 5.97 Å². The maximum Gasteiger partial charge on any atom is 0.313 e. The van der Waals surface area contributed by atoms with Crippen molar-refractivity contribution >= 4 is 23.7 Å². The molecule has 0 radical (unpaired) electrons. The predicted molar refractivity (Wildman–Crippen MR) is 178 cm³/mol. The smallest absolute Gasteiger partial charge is 0.313 e. The summed E-state index contributed by atoms with van der Waals surface area (Å²) in [6.45, 7) is 8.06. The number of benzene rings is 1. The molecule has 3 amide bonds. The molecular weight excluding hydrogens is 614 g/mol. The first-order valence-corrected chi connectivity index (χ1v) is 17.5. The molecule has 1 aromatic rings. The molecule has 2 bridgehead atoms. The number of amides is 3. The van der Waals surface area contributed by atoms with E-state index in [0.717, 1.165) is 32.1 Å². The Balaban J connectivity index is 1.46. The van der Waals surface area contributed by atoms with Crippen LogP contribution in [0.25, 0.3) is 0 Å². The number of rotatable bonds is 17. The van der Waals surface area contributed by atoms with E-state index in [1.807, 2.05) is 35.2 Å². The maximum atomic E-state index is 14.6. The van der Waals surface area contributed by atoms with Gasteiger partial charge in [-0.3, -0.25) is 19.2 Å². The minimum atomic E-state index is -1.18. The van der Waals surface area contributed by atoms with Crippen LogP contribution in [-0.2, 0) is 33.4 Å². The summed E-state index contributed by atoms with van der Waals surface area (Å²) in [5, 5.41) is 12.7. The molecule has 0 aromatic heterocycles. The second-order valence-electron chi connectivity index (χ2n) is 13.5. The van der Waals surface area contributed by atoms with Crippen molar-refractivity contribution in [1.82, 2.24) is 15.1 Å². The van der Waals surface area contributed by atoms with Crippen molar-refractivity contribution in [2.45, 2.75) is 100 Å². The molecule has 48 heavy (non-hydrogen) atoms. The summed E-state index contributed by atoms with van der Waals surface area (Å²) in [5.41, 5.74) is -0.516. The second kappa shape index (κ2) is 16.2. The molecule has 5 rings (SSSR count). The molecule has 3 aliphatic heterocycles. The molecule has 1 saturated carbocycles. The van der Waals surface area contributed by atoms with E-state index < -0.39 is 47.7 Å². The normalized spacial score (nSPS) is 27.6. The number of allylic oxidation sites excluding steroid dienone is 1. The lowest BCUT2D eigenvalue weighted by atomic mass is 9.70. The highest BCUT2D eigenvalue weighted by atomic mass is 16.6. The molecule has 7 atom stereocenters. The lowest BCUT2D eigenvalue weighted by molar-refractivity contribution is -0.163. The molecule has 1 spiro atoms. The fourth-order valence-electron chi connectivity index (χ4n) is 8.42. The largest absolute Gasteiger partial charge is 0.455 e. The van der Waals surface area contributed by atoms with Crippen molar-refractivity contribution < 1.29 is 38.5 Å². The third-order valence-electron chi connectivity index (χ3n) is 10.5. The molecule has 1 aromatic carbocycles. The average Bonchev–Trinajstić information content (AvgIpc) is 3.75. The lowest BCUT2D eigenvalue weighted by Gasteiger charge is -2.40. The van der Waals surface area contributed by atoms with Gasteiger partial charge in [-0.1, -0.05) is 61.7 Å². The molecule has 11 heteroatoms. The monoisotopic (exact) mass is 665 g/mol. The molecule has 0 unspecified atom stereocenters. The van der Waals surface area contributed by atoms with E-state index in [9.17, 15) is 24.3 Å². The number of carbonyl (C=O) groups is 4. The van der Waals surface area contributed by atoms with Crippen molar-refractivity contribution in [3.8, 4) is 0 Å². The highest BCUT2D eigenvalue weighted by molar-refractivity contribution is 5.98. The van der Waals surface area contributed by atoms with Gasteiger partial charge in [-0.15, -0.1) is 13.2 Å². The zero-order chi connectivity index (χ0) is 34.3. The standard InChI is InChI=1S/C37H51N3O8/c1-4-6-18-29(42)38-27(24-46-3)32(25-14-9-7-10-15-25)47-36(45)30-28-19-20-37(48-28)31(30)34(43)40(22-13-23-41)33(37)35(44)39(21-5-2)26-16-11-8-12-17-26/h4-5,7,9-10,14-15,26-28,30-33,41H,1-2,6,8,11-13,16-24H2,3H3,(H,38,42)/t27-,28+,30-,31-,32-,33+,37-/m1/s1. The third-order valence-corrected chi connectivity index (χ3v) is 10.5. The van der Waals surface area contributed by atoms with Crippen LogP contribution in [0.2, 0.25) is 0 Å². The highest BCUT2D eigenvalue weighted by Crippen LogP contribution is 2.59. The first-order chi connectivity index (χ1) is 23.3. The lowest BCUT2D eigenvalue weighted by Crippen LogP contribution is -2.58. The van der Waals surface area contributed by atoms with Gasteiger partial charge in [-0.25, -0.2) is 0 Å². The summed E-state index contributed by atoms with van der Waals surface area (Å²) in [7, 11) is 1.51. The summed E-state index contributed by atoms with van der Waals surface area (Å²) in [4.78, 5) is 59.6. The van der Waals surface area contributed by atoms with Crippen molar-refractivity contribution in [1.29, 1.82) is 0 Å². The van der Waals surface area contributed by atoms with Crippen molar-refractivity contribution in [2.24, 2.45) is 11.8 Å². The van der Waals surface area contributed by atoms with Gasteiger partial charge < -0.3 is 34.4 Å². The molecule has 4 fully saturated rings. The quantitative estimate of drug-likeness (QED) is 0.191. The van der Waals surface area contributed by atoms with E-state index in [2.05, 4.69) is 18.5 Å². The van der Waals surface area contributed by atoms with E-state index in [1.54, 1.807) is 17.1 Å². The Hall–Kier alpha value is -3.54. The zero-order valence-electron chi connectivity index (χ0n) is 28.1. The zero-order valence-corrected chi connectivity index (χ0v) is 28.1. The summed E-state index contributed by atoms with van der Waals surface area (Å²) < 4.78 is 18.4. The molecule has 262 valence electrons. The van der Waals surface area contributed by atoms with Gasteiger partial charge in [0.05, 0.1) is 30.6 Å². The van der Waals surface area contributed by atoms with E-state index in [0.29, 0.717) is 37.8 Å². The van der Waals surface area contributed by atoms with E-state index >= 15 is 0 Å². The Morgan fingerprint density at radius 1 is 1.15 bits per heavy atom. The highest BCUT2D eigenvalue weighted by Gasteiger charge is 2.75. The van der Waals surface area contributed by atoms with E-state index in [-0.39, 0.29) is 49.9 Å². The van der Waals surface area contributed by atoms with E-state index in [4.69, 9.17) is 14.2 Å². The Labute approximate surface area is 283 Å². The maximum absolute atomic E-state index is 14.6. The van der Waals surface area contributed by atoms with Crippen molar-refractivity contribution in [3.63, 3.8) is 0 Å². The Morgan fingerprint density at radius 3 is 2.56 bits per heavy atom. The van der Waals surface area contributed by atoms with Crippen LogP contribution in [0.4, 0.5) is 0 Å². The number of nitrogens with one attached hydrogen (secondary N) is 1. The number of fused-ring (bicyclic) bond motifs is 1. The van der Waals surface area contributed by atoms with Gasteiger partial charge in [0.1, 0.15) is 17.7 Å². The van der Waals surface area contributed by atoms with Crippen molar-refractivity contribution in [3.05, 3.63) is 61.2 Å². The molecule has 4 aliphatic rings. The number of aliphatic hydroxyl groups excluding tert-OH is 1. The molecular formula is C37H51N3O8. The Morgan fingerprint density at radius 2 is 1.90 bits per heavy atom. The number of ether oxygens (including phenoxy) is 3. The van der Waals surface area contributed by atoms with Crippen LogP contribution in [0.15, 0.2) is 55.6 Å². The second-order valence-corrected chi connectivity index (χ2v) is 13.5. The van der Waals surface area contributed by atoms with Crippen LogP contribution in [0, 0.1) is 11.8 Å². The van der Waals surface area contributed by atoms with Gasteiger partial charge in [-0.2, -0.15) is 0 Å². The average molecular weight is 666 g/mol. The van der Waals surface area contributed by atoms with Crippen molar-refractivity contribution in [2.75, 3.05) is 33.4 Å². The number of hydrogen-bond donors (Lipinski definition) is 2. The Bertz CT molecular complexity index is 1320. The van der Waals surface area contributed by atoms with Gasteiger partial charge in [0.25, 0.3) is 0 Å². The number of hydrogen-bond acceptors (Lipinski definition) is 8. The fourth-order valence-corrected chi connectivity index (χ4v) is 8.42. The van der Waals surface area contributed by atoms with Crippen LogP contribution in [-0.4, -0.2) is 102 Å². The molecule has 3 heterocycles. The number of carbonyl (C=O) groups excluding carboxylic acids is 4. The summed E-state index contributed by atoms with van der Waals surface area (Å²) >= 11 is 0. The SMILES string of the molecule is C=CCCC(=O)N[C@H](COC)[C@H](OC(=O)[C@@H]1[C@@H]2CC[C@]3(O2)[C@H](C(=O)N(CC=C)C2CCCCC2)N(CCCO)C(=O)[C@@H]13)c1ccccc1.